The zero-order valence-electron chi connectivity index (χ0n) is 12.7. The molecule has 112 valence electrons. The maximum absolute atomic E-state index is 5.96. The van der Waals surface area contributed by atoms with Crippen molar-refractivity contribution in [1.29, 1.82) is 0 Å². The number of rotatable bonds is 7. The molecule has 1 N–H and O–H groups in total. The summed E-state index contributed by atoms with van der Waals surface area (Å²) in [5.41, 5.74) is 0. The van der Waals surface area contributed by atoms with Gasteiger partial charge in [-0.2, -0.15) is 0 Å². The molecule has 0 spiro atoms. The largest absolute Gasteiger partial charge is 0.497 e. The topological polar surface area (TPSA) is 30.5 Å². The van der Waals surface area contributed by atoms with E-state index in [2.05, 4.69) is 12.2 Å². The summed E-state index contributed by atoms with van der Waals surface area (Å²) in [4.78, 5) is 0. The lowest BCUT2D eigenvalue weighted by molar-refractivity contribution is 0.187. The second kappa shape index (κ2) is 8.15. The summed E-state index contributed by atoms with van der Waals surface area (Å²) in [6, 6.07) is 8.31. The van der Waals surface area contributed by atoms with E-state index < -0.39 is 0 Å². The molecule has 0 saturated heterocycles. The number of hydrogen-bond donors (Lipinski definition) is 1. The van der Waals surface area contributed by atoms with Crippen LogP contribution in [0.3, 0.4) is 0 Å². The molecular formula is C17H27NO2. The van der Waals surface area contributed by atoms with E-state index in [0.717, 1.165) is 30.6 Å². The summed E-state index contributed by atoms with van der Waals surface area (Å²) in [5.74, 6) is 2.55. The Morgan fingerprint density at radius 1 is 1.10 bits per heavy atom. The SMILES string of the molecule is CCNC(COc1ccc(OC)cc1)C1CCCCC1. The Kier molecular flexibility index (Phi) is 6.19. The average Bonchev–Trinajstić information content (AvgIpc) is 2.53. The Balaban J connectivity index is 1.86. The molecule has 0 aliphatic heterocycles. The minimum Gasteiger partial charge on any atom is -0.497 e. The van der Waals surface area contributed by atoms with Crippen molar-refractivity contribution in [3.8, 4) is 11.5 Å². The van der Waals surface area contributed by atoms with Crippen LogP contribution >= 0.6 is 0 Å². The molecule has 0 aromatic heterocycles. The average molecular weight is 277 g/mol. The van der Waals surface area contributed by atoms with Gasteiger partial charge in [-0.05, 0) is 49.6 Å². The van der Waals surface area contributed by atoms with Crippen LogP contribution in [0.1, 0.15) is 39.0 Å². The normalized spacial score (nSPS) is 17.7. The van der Waals surface area contributed by atoms with Gasteiger partial charge in [0.15, 0.2) is 0 Å². The third kappa shape index (κ3) is 4.41. The summed E-state index contributed by atoms with van der Waals surface area (Å²) in [6.45, 7) is 3.93. The van der Waals surface area contributed by atoms with Crippen molar-refractivity contribution in [2.45, 2.75) is 45.1 Å². The van der Waals surface area contributed by atoms with E-state index in [9.17, 15) is 0 Å². The van der Waals surface area contributed by atoms with Crippen LogP contribution < -0.4 is 14.8 Å². The number of nitrogens with one attached hydrogen (secondary N) is 1. The molecule has 3 nitrogen and oxygen atoms in total. The first kappa shape index (κ1) is 15.2. The number of benzene rings is 1. The molecule has 1 aliphatic carbocycles. The van der Waals surface area contributed by atoms with Crippen molar-refractivity contribution in [1.82, 2.24) is 5.32 Å². The smallest absolute Gasteiger partial charge is 0.119 e. The standard InChI is InChI=1S/C17H27NO2/c1-3-18-17(14-7-5-4-6-8-14)13-20-16-11-9-15(19-2)10-12-16/h9-12,14,17-18H,3-8,13H2,1-2H3. The lowest BCUT2D eigenvalue weighted by Crippen LogP contribution is -2.41. The highest BCUT2D eigenvalue weighted by Crippen LogP contribution is 2.27. The van der Waals surface area contributed by atoms with Crippen molar-refractivity contribution in [3.63, 3.8) is 0 Å². The Labute approximate surface area is 122 Å². The van der Waals surface area contributed by atoms with Crippen molar-refractivity contribution in [3.05, 3.63) is 24.3 Å². The molecule has 1 aromatic rings. The monoisotopic (exact) mass is 277 g/mol. The van der Waals surface area contributed by atoms with Gasteiger partial charge in [0.2, 0.25) is 0 Å². The van der Waals surface area contributed by atoms with E-state index in [-0.39, 0.29) is 0 Å². The molecule has 1 aliphatic rings. The molecule has 1 aromatic carbocycles. The summed E-state index contributed by atoms with van der Waals surface area (Å²) in [6.07, 6.45) is 6.81. The molecular weight excluding hydrogens is 250 g/mol. The molecule has 0 bridgehead atoms. The molecule has 0 amide bonds. The van der Waals surface area contributed by atoms with Gasteiger partial charge >= 0.3 is 0 Å². The highest BCUT2D eigenvalue weighted by Gasteiger charge is 2.23. The van der Waals surface area contributed by atoms with Gasteiger partial charge in [0.1, 0.15) is 18.1 Å². The van der Waals surface area contributed by atoms with E-state index in [1.165, 1.54) is 32.1 Å². The Hall–Kier alpha value is -1.22. The van der Waals surface area contributed by atoms with E-state index in [1.807, 2.05) is 24.3 Å². The second-order valence-corrected chi connectivity index (χ2v) is 5.55. The Morgan fingerprint density at radius 2 is 1.75 bits per heavy atom. The van der Waals surface area contributed by atoms with E-state index in [4.69, 9.17) is 9.47 Å². The lowest BCUT2D eigenvalue weighted by Gasteiger charge is -2.30. The summed E-state index contributed by atoms with van der Waals surface area (Å²) >= 11 is 0. The lowest BCUT2D eigenvalue weighted by atomic mass is 9.84. The fourth-order valence-electron chi connectivity index (χ4n) is 3.02. The predicted molar refractivity (Wildman–Crippen MR) is 82.5 cm³/mol. The number of likely N-dealkylation sites (N-methyl/N-ethyl adjacent to an activating group) is 1. The molecule has 1 atom stereocenters. The van der Waals surface area contributed by atoms with Gasteiger partial charge in [0, 0.05) is 6.04 Å². The van der Waals surface area contributed by atoms with Crippen LogP contribution in [0, 0.1) is 5.92 Å². The van der Waals surface area contributed by atoms with Gasteiger partial charge in [0.25, 0.3) is 0 Å². The Bertz CT molecular complexity index is 371. The van der Waals surface area contributed by atoms with E-state index in [1.54, 1.807) is 7.11 Å². The summed E-state index contributed by atoms with van der Waals surface area (Å²) in [7, 11) is 1.68. The number of hydrogen-bond acceptors (Lipinski definition) is 3. The predicted octanol–water partition coefficient (Wildman–Crippen LogP) is 3.63. The molecule has 20 heavy (non-hydrogen) atoms. The molecule has 3 heteroatoms. The van der Waals surface area contributed by atoms with E-state index >= 15 is 0 Å². The summed E-state index contributed by atoms with van der Waals surface area (Å²) < 4.78 is 11.1. The minimum absolute atomic E-state index is 0.474. The summed E-state index contributed by atoms with van der Waals surface area (Å²) in [5, 5.41) is 3.60. The van der Waals surface area contributed by atoms with Crippen LogP contribution in [0.5, 0.6) is 11.5 Å². The van der Waals surface area contributed by atoms with Crippen LogP contribution in [0.25, 0.3) is 0 Å². The van der Waals surface area contributed by atoms with Gasteiger partial charge in [-0.15, -0.1) is 0 Å². The fourth-order valence-corrected chi connectivity index (χ4v) is 3.02. The molecule has 0 radical (unpaired) electrons. The zero-order valence-corrected chi connectivity index (χ0v) is 12.7. The molecule has 1 unspecified atom stereocenters. The van der Waals surface area contributed by atoms with Crippen molar-refractivity contribution >= 4 is 0 Å². The van der Waals surface area contributed by atoms with Gasteiger partial charge < -0.3 is 14.8 Å². The Morgan fingerprint density at radius 3 is 2.35 bits per heavy atom. The number of ether oxygens (including phenoxy) is 2. The first-order valence-electron chi connectivity index (χ1n) is 7.83. The van der Waals surface area contributed by atoms with E-state index in [0.29, 0.717) is 6.04 Å². The molecule has 2 rings (SSSR count). The van der Waals surface area contributed by atoms with Crippen molar-refractivity contribution < 1.29 is 9.47 Å². The van der Waals surface area contributed by atoms with Gasteiger partial charge in [-0.25, -0.2) is 0 Å². The highest BCUT2D eigenvalue weighted by atomic mass is 16.5. The second-order valence-electron chi connectivity index (χ2n) is 5.55. The van der Waals surface area contributed by atoms with Crippen molar-refractivity contribution in [2.75, 3.05) is 20.3 Å². The number of methoxy groups -OCH3 is 1. The maximum Gasteiger partial charge on any atom is 0.119 e. The van der Waals surface area contributed by atoms with Crippen LogP contribution in [0.15, 0.2) is 24.3 Å². The van der Waals surface area contributed by atoms with Crippen molar-refractivity contribution in [2.24, 2.45) is 5.92 Å². The van der Waals surface area contributed by atoms with Gasteiger partial charge in [-0.1, -0.05) is 26.2 Å². The molecule has 0 heterocycles. The van der Waals surface area contributed by atoms with Gasteiger partial charge in [-0.3, -0.25) is 0 Å². The third-order valence-electron chi connectivity index (χ3n) is 4.17. The minimum atomic E-state index is 0.474. The quantitative estimate of drug-likeness (QED) is 0.825. The van der Waals surface area contributed by atoms with Crippen LogP contribution in [-0.2, 0) is 0 Å². The maximum atomic E-state index is 5.96. The van der Waals surface area contributed by atoms with Gasteiger partial charge in [0.05, 0.1) is 7.11 Å². The molecule has 1 fully saturated rings. The zero-order chi connectivity index (χ0) is 14.2. The van der Waals surface area contributed by atoms with Crippen LogP contribution in [0.2, 0.25) is 0 Å². The first-order chi connectivity index (χ1) is 9.83. The highest BCUT2D eigenvalue weighted by molar-refractivity contribution is 5.31. The fraction of sp³-hybridized carbons (Fsp3) is 0.647. The molecule has 1 saturated carbocycles. The first-order valence-corrected chi connectivity index (χ1v) is 7.83. The van der Waals surface area contributed by atoms with Crippen LogP contribution in [0.4, 0.5) is 0 Å². The third-order valence-corrected chi connectivity index (χ3v) is 4.17. The van der Waals surface area contributed by atoms with Crippen LogP contribution in [-0.4, -0.2) is 26.3 Å².